The highest BCUT2D eigenvalue weighted by atomic mass is 32.1. The monoisotopic (exact) mass is 243 g/mol. The first kappa shape index (κ1) is 13.6. The molecule has 0 saturated carbocycles. The maximum Gasteiger partial charge on any atom is 0.171 e. The van der Waals surface area contributed by atoms with E-state index in [1.54, 1.807) is 25.6 Å². The molecule has 3 nitrogen and oxygen atoms in total. The molecule has 16 heavy (non-hydrogen) atoms. The van der Waals surface area contributed by atoms with E-state index in [4.69, 9.17) is 9.47 Å². The number of thiophene rings is 1. The Balaban J connectivity index is 2.43. The predicted molar refractivity (Wildman–Crippen MR) is 67.9 cm³/mol. The van der Waals surface area contributed by atoms with Crippen LogP contribution in [0.15, 0.2) is 17.5 Å². The molecule has 0 aliphatic heterocycles. The Morgan fingerprint density at radius 1 is 1.38 bits per heavy atom. The van der Waals surface area contributed by atoms with Crippen molar-refractivity contribution in [3.63, 3.8) is 0 Å². The Morgan fingerprint density at radius 2 is 2.12 bits per heavy atom. The molecule has 4 heteroatoms. The van der Waals surface area contributed by atoms with E-state index in [2.05, 4.69) is 29.8 Å². The minimum atomic E-state index is -0.167. The number of ether oxygens (including phenoxy) is 2. The molecule has 1 atom stereocenters. The topological polar surface area (TPSA) is 30.5 Å². The molecule has 0 bridgehead atoms. The lowest BCUT2D eigenvalue weighted by molar-refractivity contribution is -0.123. The fourth-order valence-corrected chi connectivity index (χ4v) is 2.50. The zero-order chi connectivity index (χ0) is 11.8. The summed E-state index contributed by atoms with van der Waals surface area (Å²) in [7, 11) is 3.37. The third-order valence-electron chi connectivity index (χ3n) is 2.54. The molecule has 0 saturated heterocycles. The summed E-state index contributed by atoms with van der Waals surface area (Å²) in [5.74, 6) is 0. The van der Waals surface area contributed by atoms with Crippen molar-refractivity contribution in [1.29, 1.82) is 0 Å². The fraction of sp³-hybridized carbons (Fsp3) is 0.667. The van der Waals surface area contributed by atoms with E-state index in [1.807, 2.05) is 0 Å². The van der Waals surface area contributed by atoms with Gasteiger partial charge in [-0.1, -0.05) is 13.0 Å². The molecule has 1 N–H and O–H groups in total. The van der Waals surface area contributed by atoms with E-state index >= 15 is 0 Å². The van der Waals surface area contributed by atoms with Crippen molar-refractivity contribution in [2.24, 2.45) is 0 Å². The second-order valence-corrected chi connectivity index (χ2v) is 4.65. The molecular formula is C12H21NO2S. The average Bonchev–Trinajstić information content (AvgIpc) is 2.80. The Bertz CT molecular complexity index is 260. The van der Waals surface area contributed by atoms with Gasteiger partial charge in [0.2, 0.25) is 0 Å². The van der Waals surface area contributed by atoms with Crippen molar-refractivity contribution in [2.75, 3.05) is 20.8 Å². The molecule has 0 aliphatic carbocycles. The van der Waals surface area contributed by atoms with Crippen LogP contribution in [0.3, 0.4) is 0 Å². The summed E-state index contributed by atoms with van der Waals surface area (Å²) in [5.41, 5.74) is 0. The Morgan fingerprint density at radius 3 is 2.62 bits per heavy atom. The van der Waals surface area contributed by atoms with Gasteiger partial charge in [-0.15, -0.1) is 11.3 Å². The SMILES string of the molecule is CCNC(CCc1cccs1)C(OC)OC. The summed E-state index contributed by atoms with van der Waals surface area (Å²) in [5, 5.41) is 5.51. The van der Waals surface area contributed by atoms with Crippen LogP contribution >= 0.6 is 11.3 Å². The molecule has 1 aromatic rings. The third-order valence-corrected chi connectivity index (χ3v) is 3.48. The van der Waals surface area contributed by atoms with Gasteiger partial charge in [-0.3, -0.25) is 0 Å². The minimum absolute atomic E-state index is 0.167. The van der Waals surface area contributed by atoms with Gasteiger partial charge in [0.1, 0.15) is 0 Å². The lowest BCUT2D eigenvalue weighted by Crippen LogP contribution is -2.42. The van der Waals surface area contributed by atoms with Crippen molar-refractivity contribution in [3.8, 4) is 0 Å². The van der Waals surface area contributed by atoms with E-state index < -0.39 is 0 Å². The van der Waals surface area contributed by atoms with Crippen LogP contribution in [0.2, 0.25) is 0 Å². The molecule has 0 amide bonds. The quantitative estimate of drug-likeness (QED) is 0.711. The third kappa shape index (κ3) is 4.22. The summed E-state index contributed by atoms with van der Waals surface area (Å²) in [6, 6.07) is 4.51. The van der Waals surface area contributed by atoms with Gasteiger partial charge in [0, 0.05) is 19.1 Å². The maximum atomic E-state index is 5.30. The molecular weight excluding hydrogens is 222 g/mol. The normalized spacial score (nSPS) is 13.2. The van der Waals surface area contributed by atoms with E-state index in [-0.39, 0.29) is 12.3 Å². The largest absolute Gasteiger partial charge is 0.354 e. The van der Waals surface area contributed by atoms with Crippen molar-refractivity contribution < 1.29 is 9.47 Å². The average molecular weight is 243 g/mol. The molecule has 0 radical (unpaired) electrons. The highest BCUT2D eigenvalue weighted by Crippen LogP contribution is 2.14. The van der Waals surface area contributed by atoms with Crippen LogP contribution in [-0.4, -0.2) is 33.1 Å². The molecule has 1 heterocycles. The molecule has 92 valence electrons. The van der Waals surface area contributed by atoms with Gasteiger partial charge in [-0.25, -0.2) is 0 Å². The lowest BCUT2D eigenvalue weighted by Gasteiger charge is -2.25. The minimum Gasteiger partial charge on any atom is -0.354 e. The Kier molecular flexibility index (Phi) is 6.64. The predicted octanol–water partition coefficient (Wildman–Crippen LogP) is 2.28. The molecule has 0 fully saturated rings. The van der Waals surface area contributed by atoms with Crippen LogP contribution < -0.4 is 5.32 Å². The molecule has 1 aromatic heterocycles. The summed E-state index contributed by atoms with van der Waals surface area (Å²) in [6.45, 7) is 3.03. The first-order valence-electron chi connectivity index (χ1n) is 5.63. The van der Waals surface area contributed by atoms with Crippen LogP contribution in [0.5, 0.6) is 0 Å². The summed E-state index contributed by atoms with van der Waals surface area (Å²) in [4.78, 5) is 1.41. The lowest BCUT2D eigenvalue weighted by atomic mass is 10.1. The fourth-order valence-electron chi connectivity index (χ4n) is 1.77. The van der Waals surface area contributed by atoms with Gasteiger partial charge in [0.15, 0.2) is 6.29 Å². The van der Waals surface area contributed by atoms with E-state index in [0.29, 0.717) is 0 Å². The van der Waals surface area contributed by atoms with E-state index in [9.17, 15) is 0 Å². The van der Waals surface area contributed by atoms with Gasteiger partial charge in [-0.05, 0) is 30.8 Å². The highest BCUT2D eigenvalue weighted by Gasteiger charge is 2.19. The van der Waals surface area contributed by atoms with Crippen LogP contribution in [0.4, 0.5) is 0 Å². The van der Waals surface area contributed by atoms with Crippen LogP contribution in [0.1, 0.15) is 18.2 Å². The van der Waals surface area contributed by atoms with Crippen LogP contribution in [-0.2, 0) is 15.9 Å². The first-order valence-corrected chi connectivity index (χ1v) is 6.51. The van der Waals surface area contributed by atoms with Crippen LogP contribution in [0.25, 0.3) is 0 Å². The van der Waals surface area contributed by atoms with Gasteiger partial charge >= 0.3 is 0 Å². The zero-order valence-corrected chi connectivity index (χ0v) is 11.0. The van der Waals surface area contributed by atoms with Crippen molar-refractivity contribution in [1.82, 2.24) is 5.32 Å². The molecule has 0 aromatic carbocycles. The number of hydrogen-bond acceptors (Lipinski definition) is 4. The highest BCUT2D eigenvalue weighted by molar-refractivity contribution is 7.09. The van der Waals surface area contributed by atoms with Gasteiger partial charge < -0.3 is 14.8 Å². The summed E-state index contributed by atoms with van der Waals surface area (Å²) >= 11 is 1.80. The number of methoxy groups -OCH3 is 2. The van der Waals surface area contributed by atoms with Crippen molar-refractivity contribution in [2.45, 2.75) is 32.1 Å². The van der Waals surface area contributed by atoms with Crippen molar-refractivity contribution >= 4 is 11.3 Å². The Hall–Kier alpha value is -0.420. The number of rotatable bonds is 8. The Labute approximate surface area is 102 Å². The summed E-state index contributed by atoms with van der Waals surface area (Å²) in [6.07, 6.45) is 1.93. The molecule has 0 aliphatic rings. The van der Waals surface area contributed by atoms with E-state index in [1.165, 1.54) is 4.88 Å². The summed E-state index contributed by atoms with van der Waals surface area (Å²) < 4.78 is 10.6. The van der Waals surface area contributed by atoms with Gasteiger partial charge in [0.05, 0.1) is 6.04 Å². The second kappa shape index (κ2) is 7.79. The smallest absolute Gasteiger partial charge is 0.171 e. The number of aryl methyl sites for hydroxylation is 1. The van der Waals surface area contributed by atoms with Gasteiger partial charge in [-0.2, -0.15) is 0 Å². The van der Waals surface area contributed by atoms with Crippen LogP contribution in [0, 0.1) is 0 Å². The number of likely N-dealkylation sites (N-methyl/N-ethyl adjacent to an activating group) is 1. The number of hydrogen-bond donors (Lipinski definition) is 1. The molecule has 0 spiro atoms. The molecule has 1 unspecified atom stereocenters. The number of nitrogens with one attached hydrogen (secondary N) is 1. The van der Waals surface area contributed by atoms with Gasteiger partial charge in [0.25, 0.3) is 0 Å². The standard InChI is InChI=1S/C12H21NO2S/c1-4-13-11(12(14-2)15-3)8-7-10-6-5-9-16-10/h5-6,9,11-13H,4,7-8H2,1-3H3. The molecule has 1 rings (SSSR count). The first-order chi connectivity index (χ1) is 7.81. The van der Waals surface area contributed by atoms with E-state index in [0.717, 1.165) is 19.4 Å². The maximum absolute atomic E-state index is 5.30. The zero-order valence-electron chi connectivity index (χ0n) is 10.2. The van der Waals surface area contributed by atoms with Crippen molar-refractivity contribution in [3.05, 3.63) is 22.4 Å². The second-order valence-electron chi connectivity index (χ2n) is 3.62.